The van der Waals surface area contributed by atoms with Crippen LogP contribution in [0.3, 0.4) is 0 Å². The first-order chi connectivity index (χ1) is 11.7. The van der Waals surface area contributed by atoms with Gasteiger partial charge in [-0.1, -0.05) is 0 Å². The second kappa shape index (κ2) is 8.06. The molecule has 25 heavy (non-hydrogen) atoms. The maximum absolute atomic E-state index is 12.5. The topological polar surface area (TPSA) is 58.2 Å². The smallest absolute Gasteiger partial charge is 0.326 e. The number of thioether (sulfide) groups is 1. The third-order valence-electron chi connectivity index (χ3n) is 3.04. The highest BCUT2D eigenvalue weighted by Gasteiger charge is 2.29. The molecule has 2 aromatic rings. The summed E-state index contributed by atoms with van der Waals surface area (Å²) in [6.07, 6.45) is -4.40. The van der Waals surface area contributed by atoms with E-state index in [1.807, 2.05) is 0 Å². The molecule has 4 nitrogen and oxygen atoms in total. The minimum absolute atomic E-state index is 0.112. The van der Waals surface area contributed by atoms with Crippen molar-refractivity contribution in [3.05, 3.63) is 54.1 Å². The predicted molar refractivity (Wildman–Crippen MR) is 91.5 cm³/mol. The van der Waals surface area contributed by atoms with Crippen molar-refractivity contribution in [1.29, 1.82) is 0 Å². The summed E-state index contributed by atoms with van der Waals surface area (Å²) in [7, 11) is 0. The van der Waals surface area contributed by atoms with Crippen molar-refractivity contribution >= 4 is 35.0 Å². The van der Waals surface area contributed by atoms with Crippen LogP contribution in [0.25, 0.3) is 0 Å². The molecule has 0 aliphatic carbocycles. The number of rotatable bonds is 5. The lowest BCUT2D eigenvalue weighted by Crippen LogP contribution is -2.14. The molecule has 0 aliphatic rings. The number of carbonyl (C=O) groups excluding carboxylic acids is 2. The van der Waals surface area contributed by atoms with Crippen molar-refractivity contribution in [3.63, 3.8) is 0 Å². The van der Waals surface area contributed by atoms with Crippen LogP contribution in [0.1, 0.15) is 12.5 Å². The van der Waals surface area contributed by atoms with E-state index in [1.54, 1.807) is 24.3 Å². The molecule has 0 radical (unpaired) electrons. The van der Waals surface area contributed by atoms with Gasteiger partial charge in [-0.2, -0.15) is 13.2 Å². The third-order valence-corrected chi connectivity index (χ3v) is 4.05. The van der Waals surface area contributed by atoms with E-state index in [-0.39, 0.29) is 17.6 Å². The molecule has 132 valence electrons. The summed E-state index contributed by atoms with van der Waals surface area (Å²) in [5, 5.41) is 5.18. The van der Waals surface area contributed by atoms with Crippen molar-refractivity contribution in [2.24, 2.45) is 0 Å². The molecule has 2 N–H and O–H groups in total. The highest BCUT2D eigenvalue weighted by Crippen LogP contribution is 2.30. The van der Waals surface area contributed by atoms with Gasteiger partial charge in [-0.25, -0.2) is 0 Å². The van der Waals surface area contributed by atoms with E-state index in [1.165, 1.54) is 30.8 Å². The van der Waals surface area contributed by atoms with E-state index in [9.17, 15) is 22.8 Å². The van der Waals surface area contributed by atoms with Crippen LogP contribution in [0.15, 0.2) is 53.4 Å². The molecule has 0 atom stereocenters. The van der Waals surface area contributed by atoms with Crippen LogP contribution in [0.5, 0.6) is 0 Å². The molecule has 0 saturated heterocycles. The van der Waals surface area contributed by atoms with Gasteiger partial charge in [-0.15, -0.1) is 11.8 Å². The Labute approximate surface area is 146 Å². The van der Waals surface area contributed by atoms with Crippen LogP contribution in [-0.4, -0.2) is 17.6 Å². The fourth-order valence-corrected chi connectivity index (χ4v) is 2.62. The molecular formula is C17H15F3N2O2S. The van der Waals surface area contributed by atoms with Gasteiger partial charge < -0.3 is 10.6 Å². The number of amides is 2. The number of alkyl halides is 3. The normalized spacial score (nSPS) is 11.0. The second-order valence-corrected chi connectivity index (χ2v) is 6.17. The quantitative estimate of drug-likeness (QED) is 0.770. The van der Waals surface area contributed by atoms with Gasteiger partial charge in [0, 0.05) is 23.2 Å². The molecule has 0 heterocycles. The Morgan fingerprint density at radius 2 is 1.44 bits per heavy atom. The highest BCUT2D eigenvalue weighted by atomic mass is 32.2. The molecule has 0 saturated carbocycles. The standard InChI is InChI=1S/C17H15F3N2O2S/c1-11(23)21-13-6-8-15(9-7-13)25-10-16(24)22-14-4-2-12(3-5-14)17(18,19)20/h2-9H,10H2,1H3,(H,21,23)(H,22,24). The van der Waals surface area contributed by atoms with Crippen LogP contribution >= 0.6 is 11.8 Å². The number of hydrogen-bond acceptors (Lipinski definition) is 3. The fraction of sp³-hybridized carbons (Fsp3) is 0.176. The maximum Gasteiger partial charge on any atom is 0.416 e. The maximum atomic E-state index is 12.5. The molecule has 0 unspecified atom stereocenters. The average Bonchev–Trinajstić information content (AvgIpc) is 2.53. The van der Waals surface area contributed by atoms with E-state index in [2.05, 4.69) is 10.6 Å². The van der Waals surface area contributed by atoms with E-state index < -0.39 is 11.7 Å². The SMILES string of the molecule is CC(=O)Nc1ccc(SCC(=O)Nc2ccc(C(F)(F)F)cc2)cc1. The fourth-order valence-electron chi connectivity index (χ4n) is 1.93. The number of carbonyl (C=O) groups is 2. The van der Waals surface area contributed by atoms with Gasteiger partial charge in [0.1, 0.15) is 0 Å². The van der Waals surface area contributed by atoms with E-state index in [4.69, 9.17) is 0 Å². The van der Waals surface area contributed by atoms with Gasteiger partial charge in [0.25, 0.3) is 0 Å². The lowest BCUT2D eigenvalue weighted by atomic mass is 10.2. The molecule has 8 heteroatoms. The summed E-state index contributed by atoms with van der Waals surface area (Å²) >= 11 is 1.28. The van der Waals surface area contributed by atoms with E-state index in [0.717, 1.165) is 17.0 Å². The van der Waals surface area contributed by atoms with Gasteiger partial charge in [-0.05, 0) is 48.5 Å². The summed E-state index contributed by atoms with van der Waals surface area (Å²) in [4.78, 5) is 23.6. The summed E-state index contributed by atoms with van der Waals surface area (Å²) in [6, 6.07) is 11.2. The summed E-state index contributed by atoms with van der Waals surface area (Å²) < 4.78 is 37.4. The van der Waals surface area contributed by atoms with Crippen LogP contribution in [0.4, 0.5) is 24.5 Å². The Balaban J connectivity index is 1.85. The lowest BCUT2D eigenvalue weighted by Gasteiger charge is -2.09. The molecule has 0 bridgehead atoms. The van der Waals surface area contributed by atoms with Gasteiger partial charge in [0.15, 0.2) is 0 Å². The molecule has 0 fully saturated rings. The highest BCUT2D eigenvalue weighted by molar-refractivity contribution is 8.00. The van der Waals surface area contributed by atoms with Gasteiger partial charge >= 0.3 is 6.18 Å². The summed E-state index contributed by atoms with van der Waals surface area (Å²) in [6.45, 7) is 1.41. The predicted octanol–water partition coefficient (Wildman–Crippen LogP) is 4.39. The lowest BCUT2D eigenvalue weighted by molar-refractivity contribution is -0.137. The minimum Gasteiger partial charge on any atom is -0.326 e. The van der Waals surface area contributed by atoms with E-state index in [0.29, 0.717) is 11.4 Å². The zero-order valence-corrected chi connectivity index (χ0v) is 14.0. The first kappa shape index (κ1) is 18.9. The third kappa shape index (κ3) is 6.15. The van der Waals surface area contributed by atoms with Crippen molar-refractivity contribution < 1.29 is 22.8 Å². The van der Waals surface area contributed by atoms with Crippen molar-refractivity contribution in [2.45, 2.75) is 18.0 Å². The van der Waals surface area contributed by atoms with Crippen LogP contribution < -0.4 is 10.6 Å². The van der Waals surface area contributed by atoms with Crippen molar-refractivity contribution in [3.8, 4) is 0 Å². The molecule has 0 spiro atoms. The van der Waals surface area contributed by atoms with Gasteiger partial charge in [0.2, 0.25) is 11.8 Å². The number of hydrogen-bond donors (Lipinski definition) is 2. The van der Waals surface area contributed by atoms with Crippen LogP contribution in [-0.2, 0) is 15.8 Å². The first-order valence-electron chi connectivity index (χ1n) is 7.21. The van der Waals surface area contributed by atoms with Crippen LogP contribution in [0, 0.1) is 0 Å². The molecule has 0 aliphatic heterocycles. The Morgan fingerprint density at radius 1 is 0.920 bits per heavy atom. The Morgan fingerprint density at radius 3 is 1.96 bits per heavy atom. The van der Waals surface area contributed by atoms with Gasteiger partial charge in [-0.3, -0.25) is 9.59 Å². The monoisotopic (exact) mass is 368 g/mol. The summed E-state index contributed by atoms with van der Waals surface area (Å²) in [5.41, 5.74) is 0.199. The number of nitrogens with one attached hydrogen (secondary N) is 2. The van der Waals surface area contributed by atoms with Crippen molar-refractivity contribution in [1.82, 2.24) is 0 Å². The Hall–Kier alpha value is -2.48. The van der Waals surface area contributed by atoms with E-state index >= 15 is 0 Å². The van der Waals surface area contributed by atoms with Gasteiger partial charge in [0.05, 0.1) is 11.3 Å². The molecular weight excluding hydrogens is 353 g/mol. The molecule has 2 aromatic carbocycles. The average molecular weight is 368 g/mol. The molecule has 0 aromatic heterocycles. The Bertz CT molecular complexity index is 744. The first-order valence-corrected chi connectivity index (χ1v) is 8.20. The zero-order valence-electron chi connectivity index (χ0n) is 13.2. The zero-order chi connectivity index (χ0) is 18.4. The van der Waals surface area contributed by atoms with Crippen LogP contribution in [0.2, 0.25) is 0 Å². The largest absolute Gasteiger partial charge is 0.416 e. The number of halogens is 3. The molecule has 2 amide bonds. The second-order valence-electron chi connectivity index (χ2n) is 5.12. The van der Waals surface area contributed by atoms with Crippen molar-refractivity contribution in [2.75, 3.05) is 16.4 Å². The number of benzene rings is 2. The number of anilines is 2. The molecule has 2 rings (SSSR count). The Kier molecular flexibility index (Phi) is 6.08. The summed E-state index contributed by atoms with van der Waals surface area (Å²) in [5.74, 6) is -0.382. The minimum atomic E-state index is -4.40.